The highest BCUT2D eigenvalue weighted by Gasteiger charge is 2.30. The molecule has 0 radical (unpaired) electrons. The second-order valence-corrected chi connectivity index (χ2v) is 9.71. The van der Waals surface area contributed by atoms with Crippen LogP contribution in [0.15, 0.2) is 54.6 Å². The fourth-order valence-corrected chi connectivity index (χ4v) is 5.01. The number of aromatic nitrogens is 1. The van der Waals surface area contributed by atoms with Crippen molar-refractivity contribution in [2.24, 2.45) is 0 Å². The van der Waals surface area contributed by atoms with Crippen molar-refractivity contribution in [1.29, 1.82) is 0 Å². The SMILES string of the molecule is CCOc1ccc(N2CCN(c3ccc(OCC)nc3-c3ccc4c(c3)CC(C)(C)O4)CC2)cc1. The number of piperazine rings is 1. The summed E-state index contributed by atoms with van der Waals surface area (Å²) in [7, 11) is 0. The lowest BCUT2D eigenvalue weighted by Crippen LogP contribution is -2.46. The van der Waals surface area contributed by atoms with Crippen LogP contribution in [0.25, 0.3) is 11.3 Å². The van der Waals surface area contributed by atoms with E-state index in [1.54, 1.807) is 0 Å². The van der Waals surface area contributed by atoms with E-state index in [9.17, 15) is 0 Å². The number of benzene rings is 2. The molecular formula is C29H35N3O3. The summed E-state index contributed by atoms with van der Waals surface area (Å²) in [5.74, 6) is 2.56. The Morgan fingerprint density at radius 3 is 2.29 bits per heavy atom. The highest BCUT2D eigenvalue weighted by molar-refractivity contribution is 5.77. The van der Waals surface area contributed by atoms with Gasteiger partial charge in [-0.3, -0.25) is 0 Å². The molecule has 1 saturated heterocycles. The standard InChI is InChI=1S/C29H35N3O3/c1-5-33-24-10-8-23(9-11-24)31-15-17-32(18-16-31)25-12-14-27(34-6-2)30-28(25)21-7-13-26-22(19-21)20-29(3,4)35-26/h7-14,19H,5-6,15-18,20H2,1-4H3. The van der Waals surface area contributed by atoms with Gasteiger partial charge in [-0.05, 0) is 81.8 Å². The van der Waals surface area contributed by atoms with Crippen LogP contribution in [0.3, 0.4) is 0 Å². The number of pyridine rings is 1. The molecule has 0 N–H and O–H groups in total. The molecule has 0 amide bonds. The number of hydrogen-bond acceptors (Lipinski definition) is 6. The number of ether oxygens (including phenoxy) is 3. The van der Waals surface area contributed by atoms with Gasteiger partial charge in [-0.1, -0.05) is 0 Å². The van der Waals surface area contributed by atoms with Crippen molar-refractivity contribution >= 4 is 11.4 Å². The van der Waals surface area contributed by atoms with E-state index in [-0.39, 0.29) is 5.60 Å². The number of nitrogens with zero attached hydrogens (tertiary/aromatic N) is 3. The molecule has 0 unspecified atom stereocenters. The maximum Gasteiger partial charge on any atom is 0.213 e. The molecule has 1 fully saturated rings. The minimum atomic E-state index is -0.165. The Kier molecular flexibility index (Phi) is 6.46. The van der Waals surface area contributed by atoms with Crippen molar-refractivity contribution in [2.75, 3.05) is 49.2 Å². The first-order chi connectivity index (χ1) is 17.0. The lowest BCUT2D eigenvalue weighted by atomic mass is 9.98. The quantitative estimate of drug-likeness (QED) is 0.446. The van der Waals surface area contributed by atoms with Gasteiger partial charge in [0.05, 0.1) is 24.6 Å². The van der Waals surface area contributed by atoms with Crippen LogP contribution in [-0.4, -0.2) is 50.0 Å². The maximum absolute atomic E-state index is 6.10. The monoisotopic (exact) mass is 473 g/mol. The van der Waals surface area contributed by atoms with Crippen LogP contribution in [0.1, 0.15) is 33.3 Å². The average Bonchev–Trinajstić information content (AvgIpc) is 3.18. The van der Waals surface area contributed by atoms with Gasteiger partial charge < -0.3 is 24.0 Å². The first-order valence-corrected chi connectivity index (χ1v) is 12.6. The van der Waals surface area contributed by atoms with Crippen LogP contribution in [-0.2, 0) is 6.42 Å². The molecule has 1 aromatic heterocycles. The Balaban J connectivity index is 1.38. The maximum atomic E-state index is 6.10. The molecule has 6 heteroatoms. The zero-order chi connectivity index (χ0) is 24.4. The van der Waals surface area contributed by atoms with E-state index in [1.165, 1.54) is 11.3 Å². The molecule has 6 nitrogen and oxygen atoms in total. The van der Waals surface area contributed by atoms with E-state index in [0.717, 1.165) is 61.0 Å². The van der Waals surface area contributed by atoms with Gasteiger partial charge in [0.15, 0.2) is 0 Å². The van der Waals surface area contributed by atoms with Gasteiger partial charge >= 0.3 is 0 Å². The second kappa shape index (κ2) is 9.68. The van der Waals surface area contributed by atoms with Crippen LogP contribution >= 0.6 is 0 Å². The second-order valence-electron chi connectivity index (χ2n) is 9.71. The average molecular weight is 474 g/mol. The first-order valence-electron chi connectivity index (χ1n) is 12.6. The predicted octanol–water partition coefficient (Wildman–Crippen LogP) is 5.59. The molecule has 5 rings (SSSR count). The summed E-state index contributed by atoms with van der Waals surface area (Å²) < 4.78 is 17.5. The lowest BCUT2D eigenvalue weighted by Gasteiger charge is -2.38. The van der Waals surface area contributed by atoms with Crippen molar-refractivity contribution in [2.45, 2.75) is 39.7 Å². The van der Waals surface area contributed by atoms with Crippen LogP contribution in [0, 0.1) is 0 Å². The van der Waals surface area contributed by atoms with Gasteiger partial charge in [-0.25, -0.2) is 4.98 Å². The zero-order valence-corrected chi connectivity index (χ0v) is 21.2. The largest absolute Gasteiger partial charge is 0.494 e. The third-order valence-corrected chi connectivity index (χ3v) is 6.61. The van der Waals surface area contributed by atoms with Gasteiger partial charge in [-0.2, -0.15) is 0 Å². The molecule has 2 aliphatic heterocycles. The van der Waals surface area contributed by atoms with Crippen molar-refractivity contribution in [3.8, 4) is 28.6 Å². The fraction of sp³-hybridized carbons (Fsp3) is 0.414. The van der Waals surface area contributed by atoms with Gasteiger partial charge in [0.1, 0.15) is 17.1 Å². The molecule has 3 heterocycles. The molecule has 0 saturated carbocycles. The molecule has 184 valence electrons. The van der Waals surface area contributed by atoms with Crippen molar-refractivity contribution in [3.05, 3.63) is 60.2 Å². The highest BCUT2D eigenvalue weighted by Crippen LogP contribution is 2.39. The number of hydrogen-bond donors (Lipinski definition) is 0. The summed E-state index contributed by atoms with van der Waals surface area (Å²) in [6.45, 7) is 13.3. The number of rotatable bonds is 7. The normalized spacial score (nSPS) is 16.6. The van der Waals surface area contributed by atoms with E-state index in [4.69, 9.17) is 19.2 Å². The Bertz CT molecular complexity index is 1170. The lowest BCUT2D eigenvalue weighted by molar-refractivity contribution is 0.138. The molecule has 2 aromatic carbocycles. The summed E-state index contributed by atoms with van der Waals surface area (Å²) in [5, 5.41) is 0. The number of anilines is 2. The minimum Gasteiger partial charge on any atom is -0.494 e. The molecule has 0 bridgehead atoms. The van der Waals surface area contributed by atoms with Crippen LogP contribution in [0.2, 0.25) is 0 Å². The minimum absolute atomic E-state index is 0.165. The van der Waals surface area contributed by atoms with Gasteiger partial charge in [0.25, 0.3) is 0 Å². The fourth-order valence-electron chi connectivity index (χ4n) is 5.01. The van der Waals surface area contributed by atoms with Gasteiger partial charge in [0.2, 0.25) is 5.88 Å². The Hall–Kier alpha value is -3.41. The molecular weight excluding hydrogens is 438 g/mol. The van der Waals surface area contributed by atoms with E-state index in [1.807, 2.05) is 19.9 Å². The summed E-state index contributed by atoms with van der Waals surface area (Å²) in [4.78, 5) is 9.82. The third kappa shape index (κ3) is 5.02. The summed E-state index contributed by atoms with van der Waals surface area (Å²) >= 11 is 0. The predicted molar refractivity (Wildman–Crippen MR) is 141 cm³/mol. The van der Waals surface area contributed by atoms with Crippen molar-refractivity contribution in [1.82, 2.24) is 4.98 Å². The Morgan fingerprint density at radius 2 is 1.57 bits per heavy atom. The van der Waals surface area contributed by atoms with E-state index in [0.29, 0.717) is 19.1 Å². The Morgan fingerprint density at radius 1 is 0.857 bits per heavy atom. The zero-order valence-electron chi connectivity index (χ0n) is 21.2. The van der Waals surface area contributed by atoms with Crippen molar-refractivity contribution in [3.63, 3.8) is 0 Å². The van der Waals surface area contributed by atoms with E-state index in [2.05, 4.69) is 72.2 Å². The summed E-state index contributed by atoms with van der Waals surface area (Å²) in [5.41, 5.74) is 5.54. The van der Waals surface area contributed by atoms with Gasteiger partial charge in [-0.15, -0.1) is 0 Å². The summed E-state index contributed by atoms with van der Waals surface area (Å²) in [6, 6.07) is 19.0. The molecule has 35 heavy (non-hydrogen) atoms. The van der Waals surface area contributed by atoms with E-state index < -0.39 is 0 Å². The highest BCUT2D eigenvalue weighted by atomic mass is 16.5. The van der Waals surface area contributed by atoms with Crippen LogP contribution in [0.4, 0.5) is 11.4 Å². The Labute approximate surface area is 208 Å². The number of fused-ring (bicyclic) bond motifs is 1. The third-order valence-electron chi connectivity index (χ3n) is 6.61. The molecule has 3 aromatic rings. The van der Waals surface area contributed by atoms with Crippen LogP contribution in [0.5, 0.6) is 17.4 Å². The molecule has 0 spiro atoms. The smallest absolute Gasteiger partial charge is 0.213 e. The molecule has 0 atom stereocenters. The van der Waals surface area contributed by atoms with Crippen LogP contribution < -0.4 is 24.0 Å². The van der Waals surface area contributed by atoms with E-state index >= 15 is 0 Å². The topological polar surface area (TPSA) is 47.1 Å². The first kappa shape index (κ1) is 23.3. The van der Waals surface area contributed by atoms with Crippen molar-refractivity contribution < 1.29 is 14.2 Å². The molecule has 0 aliphatic carbocycles. The summed E-state index contributed by atoms with van der Waals surface area (Å²) in [6.07, 6.45) is 0.900. The van der Waals surface area contributed by atoms with Gasteiger partial charge in [0, 0.05) is 49.9 Å². The molecule has 2 aliphatic rings.